The highest BCUT2D eigenvalue weighted by Gasteiger charge is 2.29. The van der Waals surface area contributed by atoms with Gasteiger partial charge in [0.05, 0.1) is 11.8 Å². The van der Waals surface area contributed by atoms with Gasteiger partial charge in [-0.15, -0.1) is 0 Å². The third-order valence-corrected chi connectivity index (χ3v) is 3.41. The second-order valence-corrected chi connectivity index (χ2v) is 8.28. The highest BCUT2D eigenvalue weighted by Crippen LogP contribution is 2.35. The van der Waals surface area contributed by atoms with Gasteiger partial charge in [0, 0.05) is 6.54 Å². The number of pyridine rings is 1. The van der Waals surface area contributed by atoms with Crippen LogP contribution >= 0.6 is 0 Å². The molecule has 0 unspecified atom stereocenters. The lowest BCUT2D eigenvalue weighted by Crippen LogP contribution is -2.26. The summed E-state index contributed by atoms with van der Waals surface area (Å²) >= 11 is 0. The van der Waals surface area contributed by atoms with Crippen LogP contribution in [0.3, 0.4) is 0 Å². The maximum absolute atomic E-state index is 6.18. The first kappa shape index (κ1) is 15.2. The van der Waals surface area contributed by atoms with Crippen molar-refractivity contribution < 1.29 is 4.43 Å². The number of hydrogen-bond donors (Lipinski definition) is 1. The maximum atomic E-state index is 6.18. The molecule has 3 nitrogen and oxygen atoms in total. The van der Waals surface area contributed by atoms with Gasteiger partial charge < -0.3 is 9.74 Å². The van der Waals surface area contributed by atoms with Crippen LogP contribution in [0.5, 0.6) is 0 Å². The number of aromatic nitrogens is 1. The average Bonchev–Trinajstić information content (AvgIpc) is 2.25. The lowest BCUT2D eigenvalue weighted by atomic mass is 9.87. The van der Waals surface area contributed by atoms with Crippen molar-refractivity contribution in [2.75, 3.05) is 11.9 Å². The Labute approximate surface area is 113 Å². The molecule has 0 fully saturated rings. The minimum atomic E-state index is -1.09. The molecule has 0 aliphatic heterocycles. The van der Waals surface area contributed by atoms with Gasteiger partial charge in [0.1, 0.15) is 5.82 Å². The van der Waals surface area contributed by atoms with Gasteiger partial charge in [0.2, 0.25) is 0 Å². The molecule has 4 heteroatoms. The Kier molecular flexibility index (Phi) is 5.35. The molecular formula is C14H26N2OSi. The number of nitrogens with zero attached hydrogens (tertiary/aromatic N) is 1. The van der Waals surface area contributed by atoms with Crippen molar-refractivity contribution in [3.05, 3.63) is 23.9 Å². The van der Waals surface area contributed by atoms with E-state index in [1.807, 2.05) is 12.1 Å². The Balaban J connectivity index is 3.01. The zero-order valence-electron chi connectivity index (χ0n) is 12.4. The molecule has 0 aromatic carbocycles. The Hall–Kier alpha value is -0.873. The Morgan fingerprint density at radius 3 is 2.50 bits per heavy atom. The predicted octanol–water partition coefficient (Wildman–Crippen LogP) is 3.60. The fraction of sp³-hybridized carbons (Fsp3) is 0.643. The van der Waals surface area contributed by atoms with E-state index in [9.17, 15) is 0 Å². The van der Waals surface area contributed by atoms with Crippen molar-refractivity contribution in [1.29, 1.82) is 0 Å². The van der Waals surface area contributed by atoms with E-state index in [0.29, 0.717) is 0 Å². The first-order valence-electron chi connectivity index (χ1n) is 6.71. The molecule has 0 spiro atoms. The van der Waals surface area contributed by atoms with Gasteiger partial charge in [0.25, 0.3) is 0 Å². The fourth-order valence-electron chi connectivity index (χ4n) is 1.87. The van der Waals surface area contributed by atoms with Crippen LogP contribution < -0.4 is 5.32 Å². The van der Waals surface area contributed by atoms with Crippen LogP contribution in [0.1, 0.15) is 39.5 Å². The van der Waals surface area contributed by atoms with Crippen molar-refractivity contribution in [1.82, 2.24) is 4.98 Å². The van der Waals surface area contributed by atoms with Gasteiger partial charge in [-0.1, -0.05) is 26.8 Å². The summed E-state index contributed by atoms with van der Waals surface area (Å²) in [5.74, 6) is 0.929. The lowest BCUT2D eigenvalue weighted by Gasteiger charge is -2.32. The average molecular weight is 266 g/mol. The molecule has 0 saturated carbocycles. The van der Waals surface area contributed by atoms with Crippen LogP contribution in [-0.4, -0.2) is 20.6 Å². The van der Waals surface area contributed by atoms with E-state index in [4.69, 9.17) is 4.43 Å². The largest absolute Gasteiger partial charge is 0.412 e. The quantitative estimate of drug-likeness (QED) is 0.827. The molecular weight excluding hydrogens is 240 g/mol. The lowest BCUT2D eigenvalue weighted by molar-refractivity contribution is 0.0828. The van der Waals surface area contributed by atoms with Crippen LogP contribution in [0, 0.1) is 5.41 Å². The zero-order chi connectivity index (χ0) is 13.8. The highest BCUT2D eigenvalue weighted by atomic mass is 28.3. The molecule has 0 saturated heterocycles. The van der Waals surface area contributed by atoms with Crippen LogP contribution in [0.15, 0.2) is 18.2 Å². The van der Waals surface area contributed by atoms with Crippen LogP contribution in [0.4, 0.5) is 5.82 Å². The van der Waals surface area contributed by atoms with E-state index in [-0.39, 0.29) is 11.5 Å². The second kappa shape index (κ2) is 6.34. The van der Waals surface area contributed by atoms with Gasteiger partial charge in [0.15, 0.2) is 9.04 Å². The number of anilines is 1. The Bertz CT molecular complexity index is 374. The van der Waals surface area contributed by atoms with Crippen molar-refractivity contribution in [2.24, 2.45) is 5.41 Å². The summed E-state index contributed by atoms with van der Waals surface area (Å²) in [5, 5.41) is 3.25. The monoisotopic (exact) mass is 266 g/mol. The van der Waals surface area contributed by atoms with Crippen LogP contribution in [-0.2, 0) is 4.43 Å². The van der Waals surface area contributed by atoms with Crippen LogP contribution in [0.25, 0.3) is 0 Å². The summed E-state index contributed by atoms with van der Waals surface area (Å²) < 4.78 is 6.18. The molecule has 1 atom stereocenters. The van der Waals surface area contributed by atoms with E-state index < -0.39 is 9.04 Å². The van der Waals surface area contributed by atoms with Crippen molar-refractivity contribution in [3.63, 3.8) is 0 Å². The van der Waals surface area contributed by atoms with E-state index in [0.717, 1.165) is 18.1 Å². The summed E-state index contributed by atoms with van der Waals surface area (Å²) in [6.07, 6.45) is 0.0720. The summed E-state index contributed by atoms with van der Waals surface area (Å²) in [4.78, 5) is 4.67. The molecule has 1 heterocycles. The fourth-order valence-corrected chi connectivity index (χ4v) is 2.96. The molecule has 1 rings (SSSR count). The predicted molar refractivity (Wildman–Crippen MR) is 80.6 cm³/mol. The molecule has 18 heavy (non-hydrogen) atoms. The molecule has 0 aliphatic rings. The zero-order valence-corrected chi connectivity index (χ0v) is 13.6. The van der Waals surface area contributed by atoms with Gasteiger partial charge in [-0.05, 0) is 37.6 Å². The smallest absolute Gasteiger partial charge is 0.171 e. The molecule has 102 valence electrons. The molecule has 1 aromatic heterocycles. The number of nitrogens with one attached hydrogen (secondary N) is 1. The molecule has 1 N–H and O–H groups in total. The molecule has 0 bridgehead atoms. The number of hydrogen-bond acceptors (Lipinski definition) is 3. The molecule has 0 radical (unpaired) electrons. The molecule has 0 aliphatic carbocycles. The minimum absolute atomic E-state index is 0.0646. The van der Waals surface area contributed by atoms with Crippen molar-refractivity contribution in [2.45, 2.75) is 46.9 Å². The SMILES string of the molecule is CCNc1cccc([C@@H](O[SiH](C)C)C(C)(C)C)n1. The minimum Gasteiger partial charge on any atom is -0.412 e. The summed E-state index contributed by atoms with van der Waals surface area (Å²) in [6, 6.07) is 6.11. The normalized spacial score (nSPS) is 13.7. The molecule has 0 amide bonds. The van der Waals surface area contributed by atoms with E-state index >= 15 is 0 Å². The first-order valence-corrected chi connectivity index (χ1v) is 9.49. The summed E-state index contributed by atoms with van der Waals surface area (Å²) in [5.41, 5.74) is 1.09. The Morgan fingerprint density at radius 2 is 2.00 bits per heavy atom. The third kappa shape index (κ3) is 4.42. The van der Waals surface area contributed by atoms with E-state index in [1.54, 1.807) is 0 Å². The maximum Gasteiger partial charge on any atom is 0.171 e. The first-order chi connectivity index (χ1) is 8.34. The van der Waals surface area contributed by atoms with Gasteiger partial charge >= 0.3 is 0 Å². The molecule has 1 aromatic rings. The van der Waals surface area contributed by atoms with Crippen molar-refractivity contribution in [3.8, 4) is 0 Å². The van der Waals surface area contributed by atoms with Crippen LogP contribution in [0.2, 0.25) is 13.1 Å². The highest BCUT2D eigenvalue weighted by molar-refractivity contribution is 6.48. The topological polar surface area (TPSA) is 34.1 Å². The Morgan fingerprint density at radius 1 is 1.33 bits per heavy atom. The summed E-state index contributed by atoms with van der Waals surface area (Å²) in [7, 11) is -1.09. The second-order valence-electron chi connectivity index (χ2n) is 5.91. The van der Waals surface area contributed by atoms with E-state index in [2.05, 4.69) is 57.2 Å². The summed E-state index contributed by atoms with van der Waals surface area (Å²) in [6.45, 7) is 14.0. The van der Waals surface area contributed by atoms with Gasteiger partial charge in [-0.3, -0.25) is 0 Å². The van der Waals surface area contributed by atoms with Gasteiger partial charge in [-0.2, -0.15) is 0 Å². The standard InChI is InChI=1S/C14H26N2OSi/c1-7-15-12-10-8-9-11(16-12)13(14(2,3)4)17-18(5)6/h8-10,13,18H,7H2,1-6H3,(H,15,16)/t13-/m1/s1. The van der Waals surface area contributed by atoms with E-state index in [1.165, 1.54) is 0 Å². The van der Waals surface area contributed by atoms with Crippen molar-refractivity contribution >= 4 is 14.9 Å². The van der Waals surface area contributed by atoms with Gasteiger partial charge in [-0.25, -0.2) is 4.98 Å². The third-order valence-electron chi connectivity index (χ3n) is 2.59. The number of rotatable bonds is 5.